The molecule has 0 saturated heterocycles. The van der Waals surface area contributed by atoms with Gasteiger partial charge < -0.3 is 24.3 Å². The summed E-state index contributed by atoms with van der Waals surface area (Å²) in [7, 11) is 1.42. The lowest BCUT2D eigenvalue weighted by Crippen LogP contribution is -2.28. The lowest BCUT2D eigenvalue weighted by Gasteiger charge is -2.26. The first-order chi connectivity index (χ1) is 10.00. The van der Waals surface area contributed by atoms with Crippen molar-refractivity contribution in [3.63, 3.8) is 0 Å². The third-order valence-electron chi connectivity index (χ3n) is 3.28. The molecule has 1 aromatic rings. The summed E-state index contributed by atoms with van der Waals surface area (Å²) in [6, 6.07) is 3.13. The second-order valence-electron chi connectivity index (χ2n) is 4.59. The van der Waals surface area contributed by atoms with Gasteiger partial charge in [-0.25, -0.2) is 4.79 Å². The van der Waals surface area contributed by atoms with E-state index in [1.807, 2.05) is 0 Å². The molecule has 8 heteroatoms. The van der Waals surface area contributed by atoms with Crippen LogP contribution < -0.4 is 14.8 Å². The molecule has 1 unspecified atom stereocenters. The molecule has 21 heavy (non-hydrogen) atoms. The third kappa shape index (κ3) is 2.58. The van der Waals surface area contributed by atoms with Crippen LogP contribution in [0.4, 0.5) is 13.6 Å². The molecule has 1 atom stereocenters. The minimum Gasteiger partial charge on any atom is -0.446 e. The molecule has 0 saturated carbocycles. The summed E-state index contributed by atoms with van der Waals surface area (Å²) in [5, 5.41) is 2.30. The van der Waals surface area contributed by atoms with Crippen LogP contribution in [0.25, 0.3) is 0 Å². The highest BCUT2D eigenvalue weighted by molar-refractivity contribution is 5.66. The lowest BCUT2D eigenvalue weighted by atomic mass is 9.96. The molecule has 114 valence electrons. The van der Waals surface area contributed by atoms with Crippen LogP contribution in [0.3, 0.4) is 0 Å². The Morgan fingerprint density at radius 2 is 2.29 bits per heavy atom. The first kappa shape index (κ1) is 13.9. The van der Waals surface area contributed by atoms with E-state index in [0.717, 1.165) is 5.56 Å². The molecule has 6 nitrogen and oxygen atoms in total. The Kier molecular flexibility index (Phi) is 3.32. The van der Waals surface area contributed by atoms with Crippen molar-refractivity contribution in [3.8, 4) is 11.5 Å². The number of nitrogens with one attached hydrogen (secondary N) is 1. The SMILES string of the molecule is CNC(=O)OCC1OCCc2ccc3c(c21)OC(F)(F)O3. The Labute approximate surface area is 118 Å². The number of carbonyl (C=O) groups excluding carboxylic acids is 1. The minimum absolute atomic E-state index is 0.0470. The molecule has 0 aromatic heterocycles. The lowest BCUT2D eigenvalue weighted by molar-refractivity contribution is -0.287. The van der Waals surface area contributed by atoms with Gasteiger partial charge >= 0.3 is 12.4 Å². The Hall–Kier alpha value is -2.09. The van der Waals surface area contributed by atoms with E-state index in [4.69, 9.17) is 9.47 Å². The fraction of sp³-hybridized carbons (Fsp3) is 0.462. The number of hydrogen-bond donors (Lipinski definition) is 1. The number of halogens is 2. The van der Waals surface area contributed by atoms with Crippen molar-refractivity contribution in [2.24, 2.45) is 0 Å². The second-order valence-corrected chi connectivity index (χ2v) is 4.59. The molecular weight excluding hydrogens is 288 g/mol. The summed E-state index contributed by atoms with van der Waals surface area (Å²) in [5.74, 6) is -0.100. The fourth-order valence-electron chi connectivity index (χ4n) is 2.39. The van der Waals surface area contributed by atoms with E-state index in [-0.39, 0.29) is 18.1 Å². The van der Waals surface area contributed by atoms with Crippen molar-refractivity contribution in [1.82, 2.24) is 5.32 Å². The minimum atomic E-state index is -3.69. The van der Waals surface area contributed by atoms with Crippen LogP contribution in [0.5, 0.6) is 11.5 Å². The molecule has 0 bridgehead atoms. The normalized spacial score (nSPS) is 21.6. The Morgan fingerprint density at radius 3 is 3.05 bits per heavy atom. The highest BCUT2D eigenvalue weighted by Gasteiger charge is 2.46. The van der Waals surface area contributed by atoms with Crippen molar-refractivity contribution in [1.29, 1.82) is 0 Å². The van der Waals surface area contributed by atoms with Gasteiger partial charge in [-0.1, -0.05) is 6.07 Å². The van der Waals surface area contributed by atoms with Gasteiger partial charge in [0.2, 0.25) is 0 Å². The standard InChI is InChI=1S/C13H13F2NO5/c1-16-12(17)19-6-9-10-7(4-5-18-9)2-3-8-11(10)21-13(14,15)20-8/h2-3,9H,4-6H2,1H3,(H,16,17). The molecule has 3 rings (SSSR count). The van der Waals surface area contributed by atoms with E-state index < -0.39 is 18.5 Å². The maximum atomic E-state index is 13.2. The largest absolute Gasteiger partial charge is 0.586 e. The number of ether oxygens (including phenoxy) is 4. The third-order valence-corrected chi connectivity index (χ3v) is 3.28. The molecule has 2 heterocycles. The number of carbonyl (C=O) groups is 1. The molecule has 0 spiro atoms. The highest BCUT2D eigenvalue weighted by Crippen LogP contribution is 2.48. The summed E-state index contributed by atoms with van der Waals surface area (Å²) in [4.78, 5) is 11.1. The molecule has 0 aliphatic carbocycles. The number of amides is 1. The quantitative estimate of drug-likeness (QED) is 0.905. The Balaban J connectivity index is 1.90. The van der Waals surface area contributed by atoms with Crippen molar-refractivity contribution in [2.45, 2.75) is 18.8 Å². The van der Waals surface area contributed by atoms with Crippen molar-refractivity contribution >= 4 is 6.09 Å². The van der Waals surface area contributed by atoms with Crippen LogP contribution in [0.1, 0.15) is 17.2 Å². The van der Waals surface area contributed by atoms with E-state index in [2.05, 4.69) is 14.8 Å². The zero-order valence-corrected chi connectivity index (χ0v) is 11.2. The average Bonchev–Trinajstić information content (AvgIpc) is 2.78. The van der Waals surface area contributed by atoms with Gasteiger partial charge in [-0.05, 0) is 18.1 Å². The van der Waals surface area contributed by atoms with Gasteiger partial charge in [0.15, 0.2) is 11.5 Å². The first-order valence-corrected chi connectivity index (χ1v) is 6.38. The fourth-order valence-corrected chi connectivity index (χ4v) is 2.39. The molecule has 2 aliphatic heterocycles. The zero-order valence-electron chi connectivity index (χ0n) is 11.2. The average molecular weight is 301 g/mol. The monoisotopic (exact) mass is 301 g/mol. The van der Waals surface area contributed by atoms with Gasteiger partial charge in [0, 0.05) is 12.6 Å². The van der Waals surface area contributed by atoms with Crippen LogP contribution in [0.2, 0.25) is 0 Å². The van der Waals surface area contributed by atoms with Crippen molar-refractivity contribution in [2.75, 3.05) is 20.3 Å². The number of alkyl halides is 2. The molecule has 0 fully saturated rings. The molecule has 1 N–H and O–H groups in total. The Bertz CT molecular complexity index is 578. The van der Waals surface area contributed by atoms with E-state index in [0.29, 0.717) is 18.6 Å². The summed E-state index contributed by atoms with van der Waals surface area (Å²) in [5.41, 5.74) is 1.26. The van der Waals surface area contributed by atoms with Crippen LogP contribution in [-0.2, 0) is 15.9 Å². The van der Waals surface area contributed by atoms with E-state index in [1.165, 1.54) is 13.1 Å². The van der Waals surface area contributed by atoms with E-state index >= 15 is 0 Å². The van der Waals surface area contributed by atoms with E-state index in [1.54, 1.807) is 6.07 Å². The summed E-state index contributed by atoms with van der Waals surface area (Å²) in [6.07, 6.45) is -4.42. The van der Waals surface area contributed by atoms with Crippen LogP contribution in [0, 0.1) is 0 Å². The number of alkyl carbamates (subject to hydrolysis) is 1. The zero-order chi connectivity index (χ0) is 15.0. The van der Waals surface area contributed by atoms with Gasteiger partial charge in [0.05, 0.1) is 6.61 Å². The van der Waals surface area contributed by atoms with Gasteiger partial charge in [0.25, 0.3) is 0 Å². The second kappa shape index (κ2) is 5.03. The molecule has 2 aliphatic rings. The number of rotatable bonds is 2. The van der Waals surface area contributed by atoms with Crippen LogP contribution in [0.15, 0.2) is 12.1 Å². The van der Waals surface area contributed by atoms with Gasteiger partial charge in [0.1, 0.15) is 12.7 Å². The van der Waals surface area contributed by atoms with Crippen molar-refractivity contribution in [3.05, 3.63) is 23.3 Å². The van der Waals surface area contributed by atoms with Crippen LogP contribution in [-0.4, -0.2) is 32.6 Å². The van der Waals surface area contributed by atoms with Crippen molar-refractivity contribution < 1.29 is 32.5 Å². The molecule has 0 radical (unpaired) electrons. The predicted molar refractivity (Wildman–Crippen MR) is 65.4 cm³/mol. The first-order valence-electron chi connectivity index (χ1n) is 6.38. The molecule has 1 amide bonds. The molecule has 1 aromatic carbocycles. The van der Waals surface area contributed by atoms with E-state index in [9.17, 15) is 13.6 Å². The smallest absolute Gasteiger partial charge is 0.446 e. The maximum absolute atomic E-state index is 13.2. The highest BCUT2D eigenvalue weighted by atomic mass is 19.3. The topological polar surface area (TPSA) is 66.0 Å². The van der Waals surface area contributed by atoms with Gasteiger partial charge in [-0.15, -0.1) is 8.78 Å². The number of fused-ring (bicyclic) bond motifs is 3. The number of benzene rings is 1. The Morgan fingerprint density at radius 1 is 1.48 bits per heavy atom. The summed E-state index contributed by atoms with van der Waals surface area (Å²) in [6.45, 7) is 0.308. The van der Waals surface area contributed by atoms with Gasteiger partial charge in [-0.2, -0.15) is 0 Å². The summed E-state index contributed by atoms with van der Waals surface area (Å²) >= 11 is 0. The number of hydrogen-bond acceptors (Lipinski definition) is 5. The summed E-state index contributed by atoms with van der Waals surface area (Å²) < 4.78 is 45.9. The van der Waals surface area contributed by atoms with Crippen LogP contribution >= 0.6 is 0 Å². The molecular formula is C13H13F2NO5. The van der Waals surface area contributed by atoms with Gasteiger partial charge in [-0.3, -0.25) is 0 Å². The maximum Gasteiger partial charge on any atom is 0.586 e. The predicted octanol–water partition coefficient (Wildman–Crippen LogP) is 1.98.